The predicted octanol–water partition coefficient (Wildman–Crippen LogP) is 2.93. The summed E-state index contributed by atoms with van der Waals surface area (Å²) in [6.07, 6.45) is -0.324. The standard InChI is InChI=1S/C23H28FN3O6S/c1-13-14(2)16(4)22(17(5)15(13)3)34(31,32)25-11-10-21(29)33-12-20(28)27-23(30)26-19-9-7-6-8-18(19)24/h6-9,25H,10-12H2,1-5H3,(H2,26,27,28,30). The van der Waals surface area contributed by atoms with Crippen LogP contribution in [0.15, 0.2) is 29.2 Å². The van der Waals surface area contributed by atoms with Crippen molar-refractivity contribution in [1.82, 2.24) is 10.0 Å². The molecule has 3 amide bonds. The van der Waals surface area contributed by atoms with E-state index in [0.717, 1.165) is 22.8 Å². The summed E-state index contributed by atoms with van der Waals surface area (Å²) in [5.74, 6) is -2.45. The third-order valence-corrected chi connectivity index (χ3v) is 7.29. The van der Waals surface area contributed by atoms with E-state index >= 15 is 0 Å². The van der Waals surface area contributed by atoms with Crippen molar-refractivity contribution in [2.45, 2.75) is 45.9 Å². The number of amides is 3. The lowest BCUT2D eigenvalue weighted by Gasteiger charge is -2.19. The van der Waals surface area contributed by atoms with Gasteiger partial charge in [0.25, 0.3) is 5.91 Å². The Morgan fingerprint density at radius 3 is 2.06 bits per heavy atom. The topological polar surface area (TPSA) is 131 Å². The monoisotopic (exact) mass is 493 g/mol. The quantitative estimate of drug-likeness (QED) is 0.485. The van der Waals surface area contributed by atoms with Crippen LogP contribution in [0.3, 0.4) is 0 Å². The molecular weight excluding hydrogens is 465 g/mol. The Morgan fingerprint density at radius 2 is 1.47 bits per heavy atom. The summed E-state index contributed by atoms with van der Waals surface area (Å²) in [7, 11) is -3.88. The van der Waals surface area contributed by atoms with Gasteiger partial charge in [0.05, 0.1) is 17.0 Å². The number of halogens is 1. The van der Waals surface area contributed by atoms with Crippen LogP contribution in [0.25, 0.3) is 0 Å². The molecule has 3 N–H and O–H groups in total. The number of urea groups is 1. The number of benzene rings is 2. The molecule has 34 heavy (non-hydrogen) atoms. The second kappa shape index (κ2) is 11.2. The summed E-state index contributed by atoms with van der Waals surface area (Å²) in [4.78, 5) is 35.6. The van der Waals surface area contributed by atoms with Gasteiger partial charge in [-0.25, -0.2) is 22.3 Å². The van der Waals surface area contributed by atoms with E-state index in [0.29, 0.717) is 11.1 Å². The number of para-hydroxylation sites is 1. The van der Waals surface area contributed by atoms with Gasteiger partial charge in [-0.05, 0) is 74.6 Å². The maximum atomic E-state index is 13.5. The molecule has 0 aliphatic heterocycles. The number of nitrogens with one attached hydrogen (secondary N) is 3. The number of sulfonamides is 1. The minimum Gasteiger partial charge on any atom is -0.456 e. The van der Waals surface area contributed by atoms with Crippen molar-refractivity contribution in [3.05, 3.63) is 57.9 Å². The fourth-order valence-corrected chi connectivity index (χ4v) is 4.95. The van der Waals surface area contributed by atoms with E-state index in [4.69, 9.17) is 4.74 Å². The molecule has 184 valence electrons. The molecule has 0 spiro atoms. The van der Waals surface area contributed by atoms with E-state index in [1.54, 1.807) is 13.8 Å². The first-order valence-electron chi connectivity index (χ1n) is 10.4. The Morgan fingerprint density at radius 1 is 0.912 bits per heavy atom. The summed E-state index contributed by atoms with van der Waals surface area (Å²) in [5, 5.41) is 4.05. The van der Waals surface area contributed by atoms with Crippen molar-refractivity contribution in [1.29, 1.82) is 0 Å². The van der Waals surface area contributed by atoms with Crippen LogP contribution < -0.4 is 15.4 Å². The van der Waals surface area contributed by atoms with Gasteiger partial charge < -0.3 is 10.1 Å². The first-order chi connectivity index (χ1) is 15.8. The highest BCUT2D eigenvalue weighted by atomic mass is 32.2. The molecule has 0 saturated heterocycles. The van der Waals surface area contributed by atoms with E-state index in [2.05, 4.69) is 10.0 Å². The van der Waals surface area contributed by atoms with Gasteiger partial charge in [-0.2, -0.15) is 0 Å². The maximum absolute atomic E-state index is 13.5. The molecule has 2 aromatic rings. The van der Waals surface area contributed by atoms with Crippen LogP contribution in [0.5, 0.6) is 0 Å². The van der Waals surface area contributed by atoms with Crippen LogP contribution in [0.4, 0.5) is 14.9 Å². The Bertz CT molecular complexity index is 1200. The van der Waals surface area contributed by atoms with E-state index in [9.17, 15) is 27.2 Å². The molecule has 0 aromatic heterocycles. The number of hydrogen-bond acceptors (Lipinski definition) is 6. The van der Waals surface area contributed by atoms with E-state index in [-0.39, 0.29) is 23.5 Å². The molecule has 0 unspecified atom stereocenters. The van der Waals surface area contributed by atoms with Crippen molar-refractivity contribution >= 4 is 33.6 Å². The van der Waals surface area contributed by atoms with Crippen LogP contribution in [-0.2, 0) is 24.3 Å². The highest BCUT2D eigenvalue weighted by molar-refractivity contribution is 7.89. The average molecular weight is 494 g/mol. The van der Waals surface area contributed by atoms with Crippen molar-refractivity contribution in [3.63, 3.8) is 0 Å². The number of carbonyl (C=O) groups is 3. The predicted molar refractivity (Wildman–Crippen MR) is 124 cm³/mol. The van der Waals surface area contributed by atoms with Gasteiger partial charge in [-0.3, -0.25) is 14.9 Å². The van der Waals surface area contributed by atoms with Gasteiger partial charge in [-0.15, -0.1) is 0 Å². The first-order valence-corrected chi connectivity index (χ1v) is 11.9. The normalized spacial score (nSPS) is 11.1. The highest BCUT2D eigenvalue weighted by Gasteiger charge is 2.23. The summed E-state index contributed by atoms with van der Waals surface area (Å²) < 4.78 is 46.3. The SMILES string of the molecule is Cc1c(C)c(C)c(S(=O)(=O)NCCC(=O)OCC(=O)NC(=O)Nc2ccccc2F)c(C)c1C. The number of rotatable bonds is 8. The third kappa shape index (κ3) is 6.61. The van der Waals surface area contributed by atoms with Gasteiger partial charge >= 0.3 is 12.0 Å². The molecule has 0 bridgehead atoms. The summed E-state index contributed by atoms with van der Waals surface area (Å²) >= 11 is 0. The Kier molecular flexibility index (Phi) is 8.88. The van der Waals surface area contributed by atoms with Crippen molar-refractivity contribution < 1.29 is 31.9 Å². The minimum atomic E-state index is -3.88. The second-order valence-corrected chi connectivity index (χ2v) is 9.45. The number of hydrogen-bond donors (Lipinski definition) is 3. The van der Waals surface area contributed by atoms with E-state index in [1.165, 1.54) is 18.2 Å². The lowest BCUT2D eigenvalue weighted by molar-refractivity contribution is -0.148. The van der Waals surface area contributed by atoms with Crippen molar-refractivity contribution in [2.24, 2.45) is 0 Å². The van der Waals surface area contributed by atoms with Gasteiger partial charge in [0.2, 0.25) is 10.0 Å². The molecular formula is C23H28FN3O6S. The number of anilines is 1. The largest absolute Gasteiger partial charge is 0.456 e. The minimum absolute atomic E-state index is 0.124. The lowest BCUT2D eigenvalue weighted by atomic mass is 9.95. The molecule has 0 fully saturated rings. The molecule has 0 saturated carbocycles. The third-order valence-electron chi connectivity index (χ3n) is 5.56. The van der Waals surface area contributed by atoms with Gasteiger partial charge in [-0.1, -0.05) is 12.1 Å². The molecule has 0 radical (unpaired) electrons. The molecule has 9 nitrogen and oxygen atoms in total. The van der Waals surface area contributed by atoms with Crippen LogP contribution >= 0.6 is 0 Å². The Labute approximate surface area is 198 Å². The number of ether oxygens (including phenoxy) is 1. The average Bonchev–Trinajstić information content (AvgIpc) is 2.76. The maximum Gasteiger partial charge on any atom is 0.326 e. The van der Waals surface area contributed by atoms with Crippen molar-refractivity contribution in [3.8, 4) is 0 Å². The lowest BCUT2D eigenvalue weighted by Crippen LogP contribution is -2.37. The van der Waals surface area contributed by atoms with E-state index in [1.807, 2.05) is 26.1 Å². The molecule has 0 heterocycles. The zero-order valence-corrected chi connectivity index (χ0v) is 20.5. The summed E-state index contributed by atoms with van der Waals surface area (Å²) in [6, 6.07) is 4.39. The number of carbonyl (C=O) groups excluding carboxylic acids is 3. The Hall–Kier alpha value is -3.31. The number of imide groups is 1. The van der Waals surface area contributed by atoms with Gasteiger partial charge in [0, 0.05) is 6.54 Å². The smallest absolute Gasteiger partial charge is 0.326 e. The second-order valence-electron chi connectivity index (χ2n) is 7.74. The van der Waals surface area contributed by atoms with Crippen LogP contribution in [0.1, 0.15) is 34.2 Å². The van der Waals surface area contributed by atoms with Crippen LogP contribution in [-0.4, -0.2) is 39.5 Å². The molecule has 11 heteroatoms. The van der Waals surface area contributed by atoms with Gasteiger partial charge in [0.15, 0.2) is 6.61 Å². The number of esters is 1. The zero-order valence-electron chi connectivity index (χ0n) is 19.7. The molecule has 2 aromatic carbocycles. The van der Waals surface area contributed by atoms with Crippen molar-refractivity contribution in [2.75, 3.05) is 18.5 Å². The van der Waals surface area contributed by atoms with Gasteiger partial charge in [0.1, 0.15) is 5.82 Å². The fraction of sp³-hybridized carbons (Fsp3) is 0.348. The summed E-state index contributed by atoms with van der Waals surface area (Å²) in [5.41, 5.74) is 3.95. The fourth-order valence-electron chi connectivity index (χ4n) is 3.33. The molecule has 0 aliphatic carbocycles. The zero-order chi connectivity index (χ0) is 25.6. The first kappa shape index (κ1) is 26.9. The summed E-state index contributed by atoms with van der Waals surface area (Å²) in [6.45, 7) is 8.12. The van der Waals surface area contributed by atoms with Crippen LogP contribution in [0.2, 0.25) is 0 Å². The molecule has 0 aliphatic rings. The van der Waals surface area contributed by atoms with Crippen LogP contribution in [0, 0.1) is 40.4 Å². The molecule has 2 rings (SSSR count). The molecule has 0 atom stereocenters. The Balaban J connectivity index is 1.84. The van der Waals surface area contributed by atoms with E-state index < -0.39 is 40.4 Å². The highest BCUT2D eigenvalue weighted by Crippen LogP contribution is 2.29.